The molecule has 1 spiro atoms. The van der Waals surface area contributed by atoms with Gasteiger partial charge in [0.1, 0.15) is 18.4 Å². The van der Waals surface area contributed by atoms with E-state index in [1.54, 1.807) is 6.92 Å². The average Bonchev–Trinajstić information content (AvgIpc) is 3.38. The second-order valence-corrected chi connectivity index (χ2v) is 15.8. The molecular formula is C41H50F2O13. The number of alkyl halides is 2. The van der Waals surface area contributed by atoms with E-state index in [-0.39, 0.29) is 67.1 Å². The first kappa shape index (κ1) is 41.6. The molecule has 13 nitrogen and oxygen atoms in total. The third kappa shape index (κ3) is 7.10. The summed E-state index contributed by atoms with van der Waals surface area (Å²) >= 11 is 0. The van der Waals surface area contributed by atoms with Gasteiger partial charge in [0.05, 0.1) is 44.0 Å². The van der Waals surface area contributed by atoms with Crippen LogP contribution in [0.15, 0.2) is 53.6 Å². The topological polar surface area (TPSA) is 173 Å². The number of carbonyl (C=O) groups excluding carboxylic acids is 4. The summed E-state index contributed by atoms with van der Waals surface area (Å²) in [7, 11) is 1.29. The van der Waals surface area contributed by atoms with E-state index in [4.69, 9.17) is 33.2 Å². The Morgan fingerprint density at radius 1 is 1.00 bits per heavy atom. The first-order chi connectivity index (χ1) is 26.5. The minimum atomic E-state index is -2.24. The molecule has 0 bridgehead atoms. The number of hydrogen-bond acceptors (Lipinski definition) is 13. The van der Waals surface area contributed by atoms with E-state index in [0.717, 1.165) is 12.5 Å². The molecule has 0 aliphatic heterocycles. The summed E-state index contributed by atoms with van der Waals surface area (Å²) < 4.78 is 71.8. The number of aliphatic hydroxyl groups excluding tert-OH is 1. The van der Waals surface area contributed by atoms with E-state index >= 15 is 8.78 Å². The van der Waals surface area contributed by atoms with Crippen LogP contribution in [0, 0.1) is 22.7 Å². The molecule has 1 aromatic carbocycles. The maximum absolute atomic E-state index is 17.8. The number of halogens is 2. The molecule has 5 aliphatic rings. The summed E-state index contributed by atoms with van der Waals surface area (Å²) in [6, 6.07) is 3.94. The van der Waals surface area contributed by atoms with Crippen LogP contribution in [0.2, 0.25) is 0 Å². The van der Waals surface area contributed by atoms with Crippen LogP contribution in [0.25, 0.3) is 0 Å². The van der Waals surface area contributed by atoms with Gasteiger partial charge < -0.3 is 43.4 Å². The molecule has 15 heteroatoms. The van der Waals surface area contributed by atoms with Crippen molar-refractivity contribution in [2.24, 2.45) is 22.7 Å². The van der Waals surface area contributed by atoms with Gasteiger partial charge in [0, 0.05) is 17.9 Å². The molecule has 0 amide bonds. The van der Waals surface area contributed by atoms with E-state index in [1.165, 1.54) is 57.4 Å². The maximum Gasteiger partial charge on any atom is 0.514 e. The van der Waals surface area contributed by atoms with Crippen LogP contribution < -0.4 is 9.47 Å². The molecule has 3 fully saturated rings. The van der Waals surface area contributed by atoms with E-state index in [1.807, 2.05) is 6.92 Å². The monoisotopic (exact) mass is 788 g/mol. The van der Waals surface area contributed by atoms with Gasteiger partial charge in [0.2, 0.25) is 5.78 Å². The number of ketones is 2. The van der Waals surface area contributed by atoms with Crippen LogP contribution >= 0.6 is 0 Å². The number of benzene rings is 1. The second kappa shape index (κ2) is 15.7. The molecule has 0 aromatic heterocycles. The van der Waals surface area contributed by atoms with Crippen molar-refractivity contribution in [1.29, 1.82) is 0 Å². The number of esters is 1. The van der Waals surface area contributed by atoms with E-state index in [2.05, 4.69) is 0 Å². The molecule has 0 heterocycles. The summed E-state index contributed by atoms with van der Waals surface area (Å²) in [6.45, 7) is 6.99. The summed E-state index contributed by atoms with van der Waals surface area (Å²) in [4.78, 5) is 52.2. The smallest absolute Gasteiger partial charge is 0.493 e. The van der Waals surface area contributed by atoms with Crippen LogP contribution in [0.1, 0.15) is 70.2 Å². The third-order valence-corrected chi connectivity index (χ3v) is 12.0. The predicted octanol–water partition coefficient (Wildman–Crippen LogP) is 5.10. The first-order valence-electron chi connectivity index (χ1n) is 19.0. The van der Waals surface area contributed by atoms with Gasteiger partial charge in [-0.3, -0.25) is 9.59 Å². The molecule has 8 unspecified atom stereocenters. The Labute approximate surface area is 323 Å². The van der Waals surface area contributed by atoms with Crippen molar-refractivity contribution >= 4 is 23.7 Å². The van der Waals surface area contributed by atoms with Crippen molar-refractivity contribution in [2.75, 3.05) is 46.8 Å². The van der Waals surface area contributed by atoms with Gasteiger partial charge in [0.25, 0.3) is 0 Å². The summed E-state index contributed by atoms with van der Waals surface area (Å²) in [5.41, 5.74) is -6.92. The molecule has 306 valence electrons. The number of carbonyl (C=O) groups is 4. The highest BCUT2D eigenvalue weighted by Gasteiger charge is 2.77. The third-order valence-electron chi connectivity index (χ3n) is 12.0. The molecule has 0 saturated heterocycles. The Morgan fingerprint density at radius 3 is 2.41 bits per heavy atom. The number of rotatable bonds is 16. The quantitative estimate of drug-likeness (QED) is 0.0746. The van der Waals surface area contributed by atoms with Crippen molar-refractivity contribution < 1.29 is 71.3 Å². The van der Waals surface area contributed by atoms with Crippen LogP contribution in [-0.2, 0) is 33.3 Å². The number of allylic oxidation sites excluding steroid dienone is 5. The number of hydrogen-bond donors (Lipinski definition) is 2. The van der Waals surface area contributed by atoms with E-state index < -0.39 is 82.3 Å². The fourth-order valence-corrected chi connectivity index (χ4v) is 9.70. The Hall–Kier alpha value is -4.02. The first-order valence-corrected chi connectivity index (χ1v) is 19.0. The van der Waals surface area contributed by atoms with Crippen molar-refractivity contribution in [3.8, 4) is 11.5 Å². The molecule has 8 atom stereocenters. The zero-order chi connectivity index (χ0) is 40.7. The van der Waals surface area contributed by atoms with Crippen LogP contribution in [0.5, 0.6) is 11.5 Å². The lowest BCUT2D eigenvalue weighted by Gasteiger charge is -2.61. The number of Topliss-reactive ketones (excluding diaryl/α,β-unsaturated/α-hetero) is 1. The molecule has 0 radical (unpaired) electrons. The lowest BCUT2D eigenvalue weighted by molar-refractivity contribution is -0.269. The average molecular weight is 789 g/mol. The van der Waals surface area contributed by atoms with Gasteiger partial charge in [0.15, 0.2) is 35.3 Å². The van der Waals surface area contributed by atoms with E-state index in [0.29, 0.717) is 19.8 Å². The maximum atomic E-state index is 17.8. The predicted molar refractivity (Wildman–Crippen MR) is 193 cm³/mol. The Kier molecular flexibility index (Phi) is 11.7. The van der Waals surface area contributed by atoms with Crippen molar-refractivity contribution in [1.82, 2.24) is 0 Å². The second-order valence-electron chi connectivity index (χ2n) is 15.8. The lowest BCUT2D eigenvalue weighted by atomic mass is 9.44. The van der Waals surface area contributed by atoms with Gasteiger partial charge >= 0.3 is 12.1 Å². The Balaban J connectivity index is 1.15. The highest BCUT2D eigenvalue weighted by atomic mass is 19.1. The fourth-order valence-electron chi connectivity index (χ4n) is 9.70. The summed E-state index contributed by atoms with van der Waals surface area (Å²) in [5, 5.41) is 22.6. The van der Waals surface area contributed by atoms with Crippen molar-refractivity contribution in [3.63, 3.8) is 0 Å². The molecule has 6 rings (SSSR count). The SMILES string of the molecule is CCCOCCOCCOC(=O)c1ccc(OC(=O)OCC(=O)C2(OC(C)(C)O)CCC3C4CC(F)C5=CC(=O)C=CC56C=C(C(O)CC32C)C46F)c(OC)c1. The number of fused-ring (bicyclic) bond motifs is 2. The Morgan fingerprint density at radius 2 is 1.71 bits per heavy atom. The zero-order valence-electron chi connectivity index (χ0n) is 32.3. The highest BCUT2D eigenvalue weighted by molar-refractivity contribution is 6.02. The van der Waals surface area contributed by atoms with Crippen molar-refractivity contribution in [2.45, 2.75) is 89.1 Å². The molecule has 3 saturated carbocycles. The minimum absolute atomic E-state index is 0.00689. The van der Waals surface area contributed by atoms with E-state index in [9.17, 15) is 29.4 Å². The van der Waals surface area contributed by atoms with Gasteiger partial charge in [-0.1, -0.05) is 26.0 Å². The zero-order valence-corrected chi connectivity index (χ0v) is 32.3. The lowest BCUT2D eigenvalue weighted by Crippen LogP contribution is -2.65. The molecule has 2 N–H and O–H groups in total. The van der Waals surface area contributed by atoms with Gasteiger partial charge in [-0.2, -0.15) is 0 Å². The van der Waals surface area contributed by atoms with Gasteiger partial charge in [-0.05, 0) is 93.4 Å². The number of aliphatic hydroxyl groups is 2. The molecule has 1 aromatic rings. The van der Waals surface area contributed by atoms with Crippen molar-refractivity contribution in [3.05, 3.63) is 59.2 Å². The fraction of sp³-hybridized carbons (Fsp3) is 0.610. The summed E-state index contributed by atoms with van der Waals surface area (Å²) in [5.74, 6) is -5.72. The van der Waals surface area contributed by atoms with Gasteiger partial charge in [-0.25, -0.2) is 18.4 Å². The van der Waals surface area contributed by atoms with Crippen LogP contribution in [0.4, 0.5) is 13.6 Å². The number of methoxy groups -OCH3 is 1. The standard InChI is InChI=1S/C41H50F2O13/c1-6-13-51-14-15-52-16-17-53-35(47)24-7-8-32(33(18-24)50-5)55-36(48)54-23-34(46)40(56-37(2,3)49)12-10-26-27-20-30(42)28-19-25(44)9-11-39(28)21-29(41(27,39)43)31(45)22-38(26,40)4/h7-9,11,18-19,21,26-27,30-31,45,49H,6,10,12-17,20,22-23H2,1-5H3. The normalized spacial score (nSPS) is 32.8. The molecule has 56 heavy (non-hydrogen) atoms. The van der Waals surface area contributed by atoms with Crippen LogP contribution in [0.3, 0.4) is 0 Å². The summed E-state index contributed by atoms with van der Waals surface area (Å²) in [6.07, 6.45) is 1.36. The number of ether oxygens (including phenoxy) is 7. The van der Waals surface area contributed by atoms with Gasteiger partial charge in [-0.15, -0.1) is 0 Å². The molecular weight excluding hydrogens is 738 g/mol. The molecule has 5 aliphatic carbocycles. The highest BCUT2D eigenvalue weighted by Crippen LogP contribution is 2.74. The minimum Gasteiger partial charge on any atom is -0.493 e. The van der Waals surface area contributed by atoms with Crippen LogP contribution in [-0.4, -0.2) is 110 Å². The largest absolute Gasteiger partial charge is 0.514 e. The Bertz CT molecular complexity index is 1820.